The molecule has 0 aliphatic rings. The Morgan fingerprint density at radius 3 is 2.43 bits per heavy atom. The number of aromatic nitrogens is 1. The summed E-state index contributed by atoms with van der Waals surface area (Å²) in [5.41, 5.74) is 1.81. The van der Waals surface area contributed by atoms with Gasteiger partial charge in [-0.25, -0.2) is 0 Å². The predicted molar refractivity (Wildman–Crippen MR) is 81.8 cm³/mol. The number of ether oxygens (including phenoxy) is 2. The van der Waals surface area contributed by atoms with Crippen molar-refractivity contribution in [3.05, 3.63) is 53.3 Å². The molecule has 0 amide bonds. The van der Waals surface area contributed by atoms with Gasteiger partial charge >= 0.3 is 0 Å². The third-order valence-corrected chi connectivity index (χ3v) is 3.49. The standard InChI is InChI=1S/C17H21NO3/c1-12-7-14(11-18-10-12)17(2,19)9-13-5-6-15(20-3)16(8-13)21-4/h5-8,10-11,19H,9H2,1-4H3. The van der Waals surface area contributed by atoms with Crippen LogP contribution in [0.1, 0.15) is 23.6 Å². The fourth-order valence-corrected chi connectivity index (χ4v) is 2.34. The molecule has 112 valence electrons. The number of benzene rings is 1. The van der Waals surface area contributed by atoms with Crippen molar-refractivity contribution < 1.29 is 14.6 Å². The van der Waals surface area contributed by atoms with Crippen molar-refractivity contribution in [2.45, 2.75) is 25.9 Å². The van der Waals surface area contributed by atoms with E-state index >= 15 is 0 Å². The van der Waals surface area contributed by atoms with E-state index in [-0.39, 0.29) is 0 Å². The third-order valence-electron chi connectivity index (χ3n) is 3.49. The second-order valence-corrected chi connectivity index (χ2v) is 5.39. The van der Waals surface area contributed by atoms with Crippen LogP contribution in [0.5, 0.6) is 11.5 Å². The van der Waals surface area contributed by atoms with Crippen molar-refractivity contribution in [2.75, 3.05) is 14.2 Å². The second-order valence-electron chi connectivity index (χ2n) is 5.39. The van der Waals surface area contributed by atoms with Crippen molar-refractivity contribution in [3.63, 3.8) is 0 Å². The van der Waals surface area contributed by atoms with E-state index in [9.17, 15) is 5.11 Å². The van der Waals surface area contributed by atoms with Gasteiger partial charge in [0.2, 0.25) is 0 Å². The molecule has 1 heterocycles. The zero-order chi connectivity index (χ0) is 15.5. The predicted octanol–water partition coefficient (Wildman–Crippen LogP) is 2.86. The van der Waals surface area contributed by atoms with Crippen LogP contribution in [0.2, 0.25) is 0 Å². The maximum absolute atomic E-state index is 10.7. The highest BCUT2D eigenvalue weighted by atomic mass is 16.5. The molecule has 2 aromatic rings. The number of aryl methyl sites for hydroxylation is 1. The molecule has 2 rings (SSSR count). The molecule has 4 nitrogen and oxygen atoms in total. The van der Waals surface area contributed by atoms with Crippen LogP contribution < -0.4 is 9.47 Å². The Morgan fingerprint density at radius 2 is 1.81 bits per heavy atom. The summed E-state index contributed by atoms with van der Waals surface area (Å²) in [6, 6.07) is 7.61. The maximum atomic E-state index is 10.7. The van der Waals surface area contributed by atoms with Crippen LogP contribution in [0, 0.1) is 6.92 Å². The summed E-state index contributed by atoms with van der Waals surface area (Å²) in [6.45, 7) is 3.75. The summed E-state index contributed by atoms with van der Waals surface area (Å²) >= 11 is 0. The van der Waals surface area contributed by atoms with E-state index in [0.29, 0.717) is 17.9 Å². The van der Waals surface area contributed by atoms with Gasteiger partial charge in [0.15, 0.2) is 11.5 Å². The summed E-state index contributed by atoms with van der Waals surface area (Å²) in [6.07, 6.45) is 3.95. The van der Waals surface area contributed by atoms with Crippen molar-refractivity contribution in [2.24, 2.45) is 0 Å². The Kier molecular flexibility index (Phi) is 4.48. The smallest absolute Gasteiger partial charge is 0.160 e. The molecule has 0 aliphatic heterocycles. The van der Waals surface area contributed by atoms with Crippen molar-refractivity contribution >= 4 is 0 Å². The molecule has 0 aliphatic carbocycles. The van der Waals surface area contributed by atoms with Crippen molar-refractivity contribution in [1.82, 2.24) is 4.98 Å². The number of pyridine rings is 1. The van der Waals surface area contributed by atoms with E-state index in [1.807, 2.05) is 31.2 Å². The molecule has 1 N–H and O–H groups in total. The number of hydrogen-bond donors (Lipinski definition) is 1. The molecule has 0 radical (unpaired) electrons. The summed E-state index contributed by atoms with van der Waals surface area (Å²) in [4.78, 5) is 4.15. The molecule has 0 saturated heterocycles. The normalized spacial score (nSPS) is 13.6. The SMILES string of the molecule is COc1ccc(CC(C)(O)c2cncc(C)c2)cc1OC. The third kappa shape index (κ3) is 3.52. The Labute approximate surface area is 125 Å². The molecule has 0 fully saturated rings. The minimum atomic E-state index is -0.987. The van der Waals surface area contributed by atoms with E-state index in [2.05, 4.69) is 4.98 Å². The first kappa shape index (κ1) is 15.3. The van der Waals surface area contributed by atoms with Crippen LogP contribution in [-0.4, -0.2) is 24.3 Å². The van der Waals surface area contributed by atoms with Gasteiger partial charge < -0.3 is 14.6 Å². The lowest BCUT2D eigenvalue weighted by molar-refractivity contribution is 0.0571. The van der Waals surface area contributed by atoms with Gasteiger partial charge in [0.25, 0.3) is 0 Å². The minimum absolute atomic E-state index is 0.471. The van der Waals surface area contributed by atoms with E-state index in [0.717, 1.165) is 16.7 Å². The molecule has 0 bridgehead atoms. The van der Waals surface area contributed by atoms with E-state index in [4.69, 9.17) is 9.47 Å². The van der Waals surface area contributed by atoms with Crippen LogP contribution in [-0.2, 0) is 12.0 Å². The summed E-state index contributed by atoms with van der Waals surface area (Å²) in [7, 11) is 3.20. The molecule has 4 heteroatoms. The van der Waals surface area contributed by atoms with Crippen LogP contribution in [0.25, 0.3) is 0 Å². The number of nitrogens with zero attached hydrogens (tertiary/aromatic N) is 1. The fraction of sp³-hybridized carbons (Fsp3) is 0.353. The maximum Gasteiger partial charge on any atom is 0.160 e. The molecule has 0 spiro atoms. The van der Waals surface area contributed by atoms with Gasteiger partial charge in [-0.2, -0.15) is 0 Å². The molecule has 21 heavy (non-hydrogen) atoms. The summed E-state index contributed by atoms with van der Waals surface area (Å²) < 4.78 is 10.5. The monoisotopic (exact) mass is 287 g/mol. The van der Waals surface area contributed by atoms with Gasteiger partial charge in [-0.3, -0.25) is 4.98 Å². The molecule has 1 aromatic carbocycles. The van der Waals surface area contributed by atoms with E-state index in [1.54, 1.807) is 33.5 Å². The topological polar surface area (TPSA) is 51.6 Å². The highest BCUT2D eigenvalue weighted by Crippen LogP contribution is 2.31. The first-order chi connectivity index (χ1) is 9.96. The molecule has 1 unspecified atom stereocenters. The van der Waals surface area contributed by atoms with Crippen LogP contribution >= 0.6 is 0 Å². The molecule has 1 aromatic heterocycles. The molecule has 1 atom stereocenters. The zero-order valence-electron chi connectivity index (χ0n) is 12.9. The summed E-state index contributed by atoms with van der Waals surface area (Å²) in [5.74, 6) is 1.34. The van der Waals surface area contributed by atoms with Gasteiger partial charge in [0.1, 0.15) is 0 Å². The van der Waals surface area contributed by atoms with E-state index in [1.165, 1.54) is 0 Å². The molecular weight excluding hydrogens is 266 g/mol. The highest BCUT2D eigenvalue weighted by molar-refractivity contribution is 5.43. The van der Waals surface area contributed by atoms with E-state index < -0.39 is 5.60 Å². The first-order valence-corrected chi connectivity index (χ1v) is 6.81. The quantitative estimate of drug-likeness (QED) is 0.918. The molecule has 0 saturated carbocycles. The number of aliphatic hydroxyl groups is 1. The second kappa shape index (κ2) is 6.14. The zero-order valence-corrected chi connectivity index (χ0v) is 12.9. The number of hydrogen-bond acceptors (Lipinski definition) is 4. The van der Waals surface area contributed by atoms with Crippen LogP contribution in [0.4, 0.5) is 0 Å². The van der Waals surface area contributed by atoms with Gasteiger partial charge in [0.05, 0.1) is 19.8 Å². The van der Waals surface area contributed by atoms with Crippen LogP contribution in [0.15, 0.2) is 36.7 Å². The van der Waals surface area contributed by atoms with Gasteiger partial charge in [-0.15, -0.1) is 0 Å². The minimum Gasteiger partial charge on any atom is -0.493 e. The first-order valence-electron chi connectivity index (χ1n) is 6.81. The van der Waals surface area contributed by atoms with Crippen LogP contribution in [0.3, 0.4) is 0 Å². The largest absolute Gasteiger partial charge is 0.493 e. The Hall–Kier alpha value is -2.07. The Morgan fingerprint density at radius 1 is 1.10 bits per heavy atom. The highest BCUT2D eigenvalue weighted by Gasteiger charge is 2.24. The van der Waals surface area contributed by atoms with Gasteiger partial charge in [-0.1, -0.05) is 12.1 Å². The van der Waals surface area contributed by atoms with Gasteiger partial charge in [0, 0.05) is 24.4 Å². The van der Waals surface area contributed by atoms with Crippen molar-refractivity contribution in [3.8, 4) is 11.5 Å². The molecular formula is C17H21NO3. The Balaban J connectivity index is 2.28. The fourth-order valence-electron chi connectivity index (χ4n) is 2.34. The number of methoxy groups -OCH3 is 2. The Bertz CT molecular complexity index is 623. The lowest BCUT2D eigenvalue weighted by Gasteiger charge is -2.24. The average Bonchev–Trinajstić information content (AvgIpc) is 2.46. The average molecular weight is 287 g/mol. The lowest BCUT2D eigenvalue weighted by atomic mass is 9.89. The lowest BCUT2D eigenvalue weighted by Crippen LogP contribution is -2.24. The van der Waals surface area contributed by atoms with Crippen molar-refractivity contribution in [1.29, 1.82) is 0 Å². The summed E-state index contributed by atoms with van der Waals surface area (Å²) in [5, 5.41) is 10.7. The number of rotatable bonds is 5. The van der Waals surface area contributed by atoms with Gasteiger partial charge in [-0.05, 0) is 37.1 Å².